The Bertz CT molecular complexity index is 919. The number of methoxy groups -OCH3 is 1. The van der Waals surface area contributed by atoms with E-state index in [2.05, 4.69) is 11.6 Å². The number of benzene rings is 2. The first-order chi connectivity index (χ1) is 12.6. The Morgan fingerprint density at radius 1 is 1.27 bits per heavy atom. The van der Waals surface area contributed by atoms with Crippen LogP contribution in [0.5, 0.6) is 5.75 Å². The smallest absolute Gasteiger partial charge is 0.264 e. The van der Waals surface area contributed by atoms with Crippen LogP contribution in [0.3, 0.4) is 0 Å². The lowest BCUT2D eigenvalue weighted by Crippen LogP contribution is -2.31. The predicted molar refractivity (Wildman–Crippen MR) is 107 cm³/mol. The zero-order chi connectivity index (χ0) is 18.5. The van der Waals surface area contributed by atoms with Crippen LogP contribution in [0.25, 0.3) is 11.3 Å². The molecule has 3 aromatic rings. The number of aromatic nitrogens is 1. The number of hydrogen-bond acceptors (Lipinski definition) is 4. The third-order valence-corrected chi connectivity index (χ3v) is 4.80. The molecule has 5 heteroatoms. The average molecular weight is 364 g/mol. The first-order valence-corrected chi connectivity index (χ1v) is 9.10. The largest absolute Gasteiger partial charge is 0.496 e. The van der Waals surface area contributed by atoms with Crippen molar-refractivity contribution < 1.29 is 9.53 Å². The van der Waals surface area contributed by atoms with E-state index in [0.717, 1.165) is 16.8 Å². The highest BCUT2D eigenvalue weighted by Crippen LogP contribution is 2.30. The van der Waals surface area contributed by atoms with Crippen LogP contribution in [0.2, 0.25) is 0 Å². The Kier molecular flexibility index (Phi) is 5.49. The summed E-state index contributed by atoms with van der Waals surface area (Å²) in [7, 11) is 1.57. The minimum atomic E-state index is -0.153. The minimum Gasteiger partial charge on any atom is -0.496 e. The Balaban J connectivity index is 1.97. The summed E-state index contributed by atoms with van der Waals surface area (Å²) in [4.78, 5) is 19.5. The van der Waals surface area contributed by atoms with Gasteiger partial charge in [0.05, 0.1) is 18.4 Å². The number of carbonyl (C=O) groups is 1. The van der Waals surface area contributed by atoms with Gasteiger partial charge in [-0.05, 0) is 19.1 Å². The summed E-state index contributed by atoms with van der Waals surface area (Å²) in [5.41, 5.74) is 3.39. The van der Waals surface area contributed by atoms with Crippen molar-refractivity contribution in [2.75, 3.05) is 18.6 Å². The number of carbonyl (C=O) groups excluding carboxylic acids is 1. The summed E-state index contributed by atoms with van der Waals surface area (Å²) in [6.07, 6.45) is 1.70. The van der Waals surface area contributed by atoms with Gasteiger partial charge in [0.2, 0.25) is 0 Å². The van der Waals surface area contributed by atoms with Gasteiger partial charge < -0.3 is 4.74 Å². The lowest BCUT2D eigenvalue weighted by atomic mass is 10.1. The number of amides is 1. The molecule has 1 amide bonds. The Morgan fingerprint density at radius 2 is 2.04 bits per heavy atom. The molecule has 0 bridgehead atoms. The fourth-order valence-electron chi connectivity index (χ4n) is 2.64. The highest BCUT2D eigenvalue weighted by atomic mass is 32.1. The fourth-order valence-corrected chi connectivity index (χ4v) is 3.48. The molecule has 0 aliphatic rings. The van der Waals surface area contributed by atoms with Crippen molar-refractivity contribution in [3.05, 3.63) is 77.7 Å². The molecule has 132 valence electrons. The van der Waals surface area contributed by atoms with E-state index in [9.17, 15) is 4.79 Å². The van der Waals surface area contributed by atoms with Crippen molar-refractivity contribution >= 4 is 22.4 Å². The van der Waals surface area contributed by atoms with Gasteiger partial charge in [0.1, 0.15) is 5.75 Å². The molecule has 0 N–H and O–H groups in total. The van der Waals surface area contributed by atoms with E-state index in [0.29, 0.717) is 23.0 Å². The Morgan fingerprint density at radius 3 is 2.73 bits per heavy atom. The normalized spacial score (nSPS) is 10.4. The second-order valence-electron chi connectivity index (χ2n) is 5.79. The molecular formula is C21H20N2O2S. The van der Waals surface area contributed by atoms with Crippen molar-refractivity contribution in [3.63, 3.8) is 0 Å². The summed E-state index contributed by atoms with van der Waals surface area (Å²) < 4.78 is 5.37. The molecule has 3 rings (SSSR count). The molecule has 26 heavy (non-hydrogen) atoms. The molecule has 1 aromatic heterocycles. The van der Waals surface area contributed by atoms with Gasteiger partial charge in [-0.15, -0.1) is 17.9 Å². The maximum Gasteiger partial charge on any atom is 0.264 e. The van der Waals surface area contributed by atoms with E-state index in [1.54, 1.807) is 18.1 Å². The second kappa shape index (κ2) is 7.97. The quantitative estimate of drug-likeness (QED) is 0.581. The predicted octanol–water partition coefficient (Wildman–Crippen LogP) is 4.96. The highest BCUT2D eigenvalue weighted by Gasteiger charge is 2.23. The van der Waals surface area contributed by atoms with E-state index in [4.69, 9.17) is 4.74 Å². The van der Waals surface area contributed by atoms with E-state index in [1.807, 2.05) is 60.8 Å². The molecule has 0 spiro atoms. The summed E-state index contributed by atoms with van der Waals surface area (Å²) >= 11 is 1.44. The van der Waals surface area contributed by atoms with Crippen molar-refractivity contribution in [2.24, 2.45) is 0 Å². The lowest BCUT2D eigenvalue weighted by molar-refractivity contribution is 0.0986. The van der Waals surface area contributed by atoms with Crippen LogP contribution < -0.4 is 9.64 Å². The topological polar surface area (TPSA) is 42.4 Å². The molecule has 2 aromatic carbocycles. The van der Waals surface area contributed by atoms with Crippen LogP contribution in [-0.4, -0.2) is 24.5 Å². The molecular weight excluding hydrogens is 344 g/mol. The van der Waals surface area contributed by atoms with E-state index in [1.165, 1.54) is 11.3 Å². The lowest BCUT2D eigenvalue weighted by Gasteiger charge is -2.19. The SMILES string of the molecule is C=CCN(C(=O)c1cc(C)ccc1OC)c1nc(-c2ccccc2)cs1. The molecule has 0 aliphatic heterocycles. The first kappa shape index (κ1) is 17.9. The Hall–Kier alpha value is -2.92. The molecule has 0 radical (unpaired) electrons. The van der Waals surface area contributed by atoms with Crippen LogP contribution in [-0.2, 0) is 0 Å². The monoisotopic (exact) mass is 364 g/mol. The van der Waals surface area contributed by atoms with Crippen LogP contribution >= 0.6 is 11.3 Å². The maximum absolute atomic E-state index is 13.2. The van der Waals surface area contributed by atoms with Gasteiger partial charge in [-0.1, -0.05) is 48.0 Å². The second-order valence-corrected chi connectivity index (χ2v) is 6.63. The number of thiazole rings is 1. The molecule has 0 saturated heterocycles. The molecule has 0 aliphatic carbocycles. The zero-order valence-corrected chi connectivity index (χ0v) is 15.6. The summed E-state index contributed by atoms with van der Waals surface area (Å²) in [5.74, 6) is 0.397. The molecule has 0 atom stereocenters. The fraction of sp³-hybridized carbons (Fsp3) is 0.143. The summed E-state index contributed by atoms with van der Waals surface area (Å²) in [5, 5.41) is 2.60. The number of hydrogen-bond donors (Lipinski definition) is 0. The van der Waals surface area contributed by atoms with Crippen LogP contribution in [0.15, 0.2) is 66.6 Å². The van der Waals surface area contributed by atoms with Gasteiger partial charge in [-0.25, -0.2) is 4.98 Å². The number of anilines is 1. The average Bonchev–Trinajstić information content (AvgIpc) is 3.16. The first-order valence-electron chi connectivity index (χ1n) is 8.22. The van der Waals surface area contributed by atoms with Crippen LogP contribution in [0, 0.1) is 6.92 Å². The maximum atomic E-state index is 13.2. The van der Waals surface area contributed by atoms with Gasteiger partial charge >= 0.3 is 0 Å². The van der Waals surface area contributed by atoms with E-state index in [-0.39, 0.29) is 5.91 Å². The minimum absolute atomic E-state index is 0.153. The van der Waals surface area contributed by atoms with Gasteiger partial charge in [-0.3, -0.25) is 9.69 Å². The van der Waals surface area contributed by atoms with Gasteiger partial charge in [0.25, 0.3) is 5.91 Å². The van der Waals surface area contributed by atoms with Crippen molar-refractivity contribution in [2.45, 2.75) is 6.92 Å². The third kappa shape index (κ3) is 3.68. The van der Waals surface area contributed by atoms with E-state index >= 15 is 0 Å². The van der Waals surface area contributed by atoms with Crippen molar-refractivity contribution in [3.8, 4) is 17.0 Å². The van der Waals surface area contributed by atoms with Crippen molar-refractivity contribution in [1.82, 2.24) is 4.98 Å². The van der Waals surface area contributed by atoms with Crippen molar-refractivity contribution in [1.29, 1.82) is 0 Å². The molecule has 4 nitrogen and oxygen atoms in total. The van der Waals surface area contributed by atoms with Gasteiger partial charge in [0.15, 0.2) is 5.13 Å². The van der Waals surface area contributed by atoms with Crippen LogP contribution in [0.4, 0.5) is 5.13 Å². The summed E-state index contributed by atoms with van der Waals surface area (Å²) in [6.45, 7) is 6.10. The van der Waals surface area contributed by atoms with Gasteiger partial charge in [0, 0.05) is 17.5 Å². The van der Waals surface area contributed by atoms with E-state index < -0.39 is 0 Å². The number of rotatable bonds is 6. The molecule has 0 fully saturated rings. The molecule has 0 saturated carbocycles. The standard InChI is InChI=1S/C21H20N2O2S/c1-4-12-23(20(24)17-13-15(2)10-11-19(17)25-3)21-22-18(14-26-21)16-8-6-5-7-9-16/h4-11,13-14H,1,12H2,2-3H3. The van der Waals surface area contributed by atoms with Crippen LogP contribution in [0.1, 0.15) is 15.9 Å². The number of nitrogens with zero attached hydrogens (tertiary/aromatic N) is 2. The molecule has 1 heterocycles. The Labute approximate surface area is 157 Å². The van der Waals surface area contributed by atoms with Gasteiger partial charge in [-0.2, -0.15) is 0 Å². The summed E-state index contributed by atoms with van der Waals surface area (Å²) in [6, 6.07) is 15.5. The number of ether oxygens (including phenoxy) is 1. The molecule has 0 unspecified atom stereocenters. The number of aryl methyl sites for hydroxylation is 1. The zero-order valence-electron chi connectivity index (χ0n) is 14.8. The highest BCUT2D eigenvalue weighted by molar-refractivity contribution is 7.14. The third-order valence-electron chi connectivity index (χ3n) is 3.93.